The van der Waals surface area contributed by atoms with Crippen LogP contribution in [0.4, 0.5) is 0 Å². The number of benzene rings is 1. The van der Waals surface area contributed by atoms with E-state index in [4.69, 9.17) is 21.1 Å². The van der Waals surface area contributed by atoms with Crippen molar-refractivity contribution in [3.63, 3.8) is 0 Å². The molecule has 2 nitrogen and oxygen atoms in total. The number of rotatable bonds is 6. The van der Waals surface area contributed by atoms with E-state index in [9.17, 15) is 0 Å². The Bertz CT molecular complexity index is 587. The molecule has 2 rings (SSSR count). The lowest BCUT2D eigenvalue weighted by Crippen LogP contribution is -2.00. The topological polar surface area (TPSA) is 18.5 Å². The van der Waals surface area contributed by atoms with Gasteiger partial charge in [0.15, 0.2) is 11.5 Å². The maximum Gasteiger partial charge on any atom is 0.175 e. The summed E-state index contributed by atoms with van der Waals surface area (Å²) >= 11 is 14.4. The fraction of sp³-hybridized carbons (Fsp3) is 0.286. The summed E-state index contributed by atoms with van der Waals surface area (Å²) < 4.78 is 13.2. The molecule has 0 bridgehead atoms. The molecule has 0 N–H and O–H groups in total. The van der Waals surface area contributed by atoms with E-state index in [-0.39, 0.29) is 0 Å². The maximum absolute atomic E-state index is 5.92. The first kappa shape index (κ1) is 16.1. The van der Waals surface area contributed by atoms with Crippen LogP contribution in [0.15, 0.2) is 28.7 Å². The van der Waals surface area contributed by atoms with Gasteiger partial charge in [0.1, 0.15) is 6.61 Å². The average molecular weight is 441 g/mol. The minimum Gasteiger partial charge on any atom is -0.490 e. The van der Waals surface area contributed by atoms with Gasteiger partial charge in [0.25, 0.3) is 0 Å². The highest BCUT2D eigenvalue weighted by Gasteiger charge is 2.12. The summed E-state index contributed by atoms with van der Waals surface area (Å²) in [5, 5.41) is 0.770. The molecular weight excluding hydrogens is 427 g/mol. The number of hydrogen-bond acceptors (Lipinski definition) is 3. The van der Waals surface area contributed by atoms with Crippen LogP contribution < -0.4 is 9.47 Å². The molecule has 6 heteroatoms. The lowest BCUT2D eigenvalue weighted by Gasteiger charge is -2.14. The summed E-state index contributed by atoms with van der Waals surface area (Å²) in [6.07, 6.45) is 0. The van der Waals surface area contributed by atoms with Gasteiger partial charge in [-0.05, 0) is 52.7 Å². The molecule has 1 heterocycles. The van der Waals surface area contributed by atoms with Crippen LogP contribution >= 0.6 is 54.8 Å². The standard InChI is InChI=1S/C14H13Br2ClO2S/c1-2-18-12-6-9(7-15)5-11(16)14(12)19-8-10-3-4-13(17)20-10/h3-6H,2,7-8H2,1H3. The van der Waals surface area contributed by atoms with Gasteiger partial charge in [-0.25, -0.2) is 0 Å². The summed E-state index contributed by atoms with van der Waals surface area (Å²) in [6, 6.07) is 7.85. The lowest BCUT2D eigenvalue weighted by molar-refractivity contribution is 0.269. The zero-order chi connectivity index (χ0) is 14.5. The predicted molar refractivity (Wildman–Crippen MR) is 91.6 cm³/mol. The van der Waals surface area contributed by atoms with E-state index >= 15 is 0 Å². The van der Waals surface area contributed by atoms with E-state index in [1.54, 1.807) is 0 Å². The first-order valence-electron chi connectivity index (χ1n) is 6.02. The second-order valence-corrected chi connectivity index (χ2v) is 7.18. The van der Waals surface area contributed by atoms with Crippen LogP contribution in [0, 0.1) is 0 Å². The van der Waals surface area contributed by atoms with E-state index in [1.807, 2.05) is 31.2 Å². The SMILES string of the molecule is CCOc1cc(CBr)cc(Br)c1OCc1ccc(Cl)s1. The van der Waals surface area contributed by atoms with Crippen LogP contribution in [0.1, 0.15) is 17.4 Å². The van der Waals surface area contributed by atoms with Crippen molar-refractivity contribution >= 4 is 54.8 Å². The van der Waals surface area contributed by atoms with Gasteiger partial charge in [-0.3, -0.25) is 0 Å². The minimum atomic E-state index is 0.476. The second kappa shape index (κ2) is 7.69. The molecule has 1 aromatic heterocycles. The molecule has 0 radical (unpaired) electrons. The summed E-state index contributed by atoms with van der Waals surface area (Å²) in [4.78, 5) is 1.08. The van der Waals surface area contributed by atoms with Crippen molar-refractivity contribution < 1.29 is 9.47 Å². The number of thiophene rings is 1. The van der Waals surface area contributed by atoms with Crippen molar-refractivity contribution in [3.05, 3.63) is 43.5 Å². The van der Waals surface area contributed by atoms with Crippen molar-refractivity contribution in [1.82, 2.24) is 0 Å². The van der Waals surface area contributed by atoms with Gasteiger partial charge in [-0.2, -0.15) is 0 Å². The lowest BCUT2D eigenvalue weighted by atomic mass is 10.2. The van der Waals surface area contributed by atoms with Gasteiger partial charge in [-0.1, -0.05) is 27.5 Å². The molecular formula is C14H13Br2ClO2S. The number of ether oxygens (including phenoxy) is 2. The Hall–Kier alpha value is -0.230. The Morgan fingerprint density at radius 3 is 2.65 bits per heavy atom. The highest BCUT2D eigenvalue weighted by molar-refractivity contribution is 9.10. The van der Waals surface area contributed by atoms with Crippen LogP contribution in [0.5, 0.6) is 11.5 Å². The first-order chi connectivity index (χ1) is 9.63. The van der Waals surface area contributed by atoms with E-state index in [1.165, 1.54) is 11.3 Å². The second-order valence-electron chi connectivity index (χ2n) is 3.97. The van der Waals surface area contributed by atoms with Crippen molar-refractivity contribution in [2.24, 2.45) is 0 Å². The van der Waals surface area contributed by atoms with Gasteiger partial charge in [0.2, 0.25) is 0 Å². The van der Waals surface area contributed by atoms with Gasteiger partial charge >= 0.3 is 0 Å². The van der Waals surface area contributed by atoms with Crippen molar-refractivity contribution in [2.75, 3.05) is 6.61 Å². The molecule has 1 aromatic carbocycles. The molecule has 0 unspecified atom stereocenters. The zero-order valence-corrected chi connectivity index (χ0v) is 15.5. The van der Waals surface area contributed by atoms with Gasteiger partial charge < -0.3 is 9.47 Å². The highest BCUT2D eigenvalue weighted by Crippen LogP contribution is 2.38. The third-order valence-electron chi connectivity index (χ3n) is 2.51. The van der Waals surface area contributed by atoms with Crippen LogP contribution in [0.2, 0.25) is 4.34 Å². The molecule has 0 aliphatic carbocycles. The van der Waals surface area contributed by atoms with Crippen molar-refractivity contribution in [1.29, 1.82) is 0 Å². The van der Waals surface area contributed by atoms with Crippen molar-refractivity contribution in [2.45, 2.75) is 18.9 Å². The monoisotopic (exact) mass is 438 g/mol. The molecule has 0 saturated carbocycles. The molecule has 20 heavy (non-hydrogen) atoms. The van der Waals surface area contributed by atoms with Crippen LogP contribution in [-0.2, 0) is 11.9 Å². The molecule has 0 aliphatic heterocycles. The largest absolute Gasteiger partial charge is 0.490 e. The van der Waals surface area contributed by atoms with Crippen molar-refractivity contribution in [3.8, 4) is 11.5 Å². The van der Waals surface area contributed by atoms with E-state index in [0.29, 0.717) is 13.2 Å². The predicted octanol–water partition coefficient (Wildman–Crippen LogP) is 6.04. The Labute approximate surface area is 144 Å². The third-order valence-corrected chi connectivity index (χ3v) is 4.95. The number of alkyl halides is 1. The number of halogens is 3. The highest BCUT2D eigenvalue weighted by atomic mass is 79.9. The fourth-order valence-corrected chi connectivity index (χ4v) is 3.60. The van der Waals surface area contributed by atoms with Crippen LogP contribution in [-0.4, -0.2) is 6.61 Å². The summed E-state index contributed by atoms with van der Waals surface area (Å²) in [6.45, 7) is 3.03. The van der Waals surface area contributed by atoms with E-state index in [0.717, 1.165) is 36.1 Å². The van der Waals surface area contributed by atoms with Gasteiger partial charge in [0.05, 0.1) is 15.4 Å². The molecule has 2 aromatic rings. The third kappa shape index (κ3) is 4.13. The fourth-order valence-electron chi connectivity index (χ4n) is 1.67. The molecule has 0 saturated heterocycles. The Morgan fingerprint density at radius 1 is 1.25 bits per heavy atom. The smallest absolute Gasteiger partial charge is 0.175 e. The molecule has 0 amide bonds. The number of hydrogen-bond donors (Lipinski definition) is 0. The average Bonchev–Trinajstić information content (AvgIpc) is 2.83. The first-order valence-corrected chi connectivity index (χ1v) is 9.13. The van der Waals surface area contributed by atoms with Crippen LogP contribution in [0.3, 0.4) is 0 Å². The normalized spacial score (nSPS) is 10.6. The maximum atomic E-state index is 5.92. The summed E-state index contributed by atoms with van der Waals surface area (Å²) in [7, 11) is 0. The Morgan fingerprint density at radius 2 is 2.05 bits per heavy atom. The molecule has 0 fully saturated rings. The Balaban J connectivity index is 2.20. The van der Waals surface area contributed by atoms with E-state index in [2.05, 4.69) is 31.9 Å². The van der Waals surface area contributed by atoms with Crippen LogP contribution in [0.25, 0.3) is 0 Å². The summed E-state index contributed by atoms with van der Waals surface area (Å²) in [5.41, 5.74) is 1.13. The summed E-state index contributed by atoms with van der Waals surface area (Å²) in [5.74, 6) is 1.47. The Kier molecular flexibility index (Phi) is 6.20. The molecule has 0 atom stereocenters. The van der Waals surface area contributed by atoms with Gasteiger partial charge in [0, 0.05) is 10.2 Å². The minimum absolute atomic E-state index is 0.476. The van der Waals surface area contributed by atoms with E-state index < -0.39 is 0 Å². The molecule has 108 valence electrons. The zero-order valence-electron chi connectivity index (χ0n) is 10.8. The molecule has 0 aliphatic rings. The van der Waals surface area contributed by atoms with Gasteiger partial charge in [-0.15, -0.1) is 11.3 Å². The quantitative estimate of drug-likeness (QED) is 0.510. The molecule has 0 spiro atoms.